The number of fused-ring (bicyclic) bond motifs is 1. The lowest BCUT2D eigenvalue weighted by Gasteiger charge is -2.20. The predicted octanol–water partition coefficient (Wildman–Crippen LogP) is 2.35. The van der Waals surface area contributed by atoms with Gasteiger partial charge in [0.2, 0.25) is 5.82 Å². The van der Waals surface area contributed by atoms with E-state index >= 15 is 0 Å². The zero-order valence-corrected chi connectivity index (χ0v) is 16.0. The number of benzene rings is 1. The first kappa shape index (κ1) is 18.5. The molecule has 0 saturated carbocycles. The predicted molar refractivity (Wildman–Crippen MR) is 105 cm³/mol. The van der Waals surface area contributed by atoms with Crippen molar-refractivity contribution in [3.05, 3.63) is 53.1 Å². The van der Waals surface area contributed by atoms with Crippen molar-refractivity contribution in [1.29, 1.82) is 0 Å². The van der Waals surface area contributed by atoms with Crippen molar-refractivity contribution in [3.63, 3.8) is 0 Å². The summed E-state index contributed by atoms with van der Waals surface area (Å²) < 4.78 is 1.54. The van der Waals surface area contributed by atoms with E-state index in [1.54, 1.807) is 6.21 Å². The van der Waals surface area contributed by atoms with Gasteiger partial charge in [-0.3, -0.25) is 4.79 Å². The van der Waals surface area contributed by atoms with E-state index in [4.69, 9.17) is 0 Å². The van der Waals surface area contributed by atoms with E-state index in [1.165, 1.54) is 4.52 Å². The Labute approximate surface area is 157 Å². The van der Waals surface area contributed by atoms with Crippen LogP contribution in [0.25, 0.3) is 5.78 Å². The van der Waals surface area contributed by atoms with Gasteiger partial charge in [-0.15, -0.1) is 5.10 Å². The summed E-state index contributed by atoms with van der Waals surface area (Å²) >= 11 is 0. The molecule has 8 nitrogen and oxygen atoms in total. The summed E-state index contributed by atoms with van der Waals surface area (Å²) in [5, 5.41) is 8.18. The highest BCUT2D eigenvalue weighted by Crippen LogP contribution is 2.14. The molecule has 0 spiro atoms. The van der Waals surface area contributed by atoms with E-state index in [1.807, 2.05) is 44.2 Å². The van der Waals surface area contributed by atoms with Gasteiger partial charge in [0.1, 0.15) is 0 Å². The molecule has 0 fully saturated rings. The van der Waals surface area contributed by atoms with Gasteiger partial charge in [-0.05, 0) is 51.5 Å². The molecule has 0 saturated heterocycles. The number of hydrogen-bond acceptors (Lipinski definition) is 6. The summed E-state index contributed by atoms with van der Waals surface area (Å²) in [6.07, 6.45) is 1.59. The Balaban J connectivity index is 1.67. The van der Waals surface area contributed by atoms with Gasteiger partial charge < -0.3 is 4.90 Å². The Bertz CT molecular complexity index is 972. The lowest BCUT2D eigenvalue weighted by atomic mass is 10.2. The Morgan fingerprint density at radius 3 is 2.56 bits per heavy atom. The molecule has 3 aromatic rings. The van der Waals surface area contributed by atoms with Crippen LogP contribution in [0.2, 0.25) is 0 Å². The van der Waals surface area contributed by atoms with Gasteiger partial charge in [0.25, 0.3) is 5.78 Å². The van der Waals surface area contributed by atoms with Crippen molar-refractivity contribution in [2.75, 3.05) is 18.0 Å². The molecule has 2 aromatic heterocycles. The van der Waals surface area contributed by atoms with Crippen LogP contribution in [0.15, 0.2) is 35.4 Å². The molecular formula is C19H23N7O. The highest BCUT2D eigenvalue weighted by Gasteiger charge is 2.14. The lowest BCUT2D eigenvalue weighted by Crippen LogP contribution is -2.21. The van der Waals surface area contributed by atoms with Crippen LogP contribution in [0.3, 0.4) is 0 Å². The Morgan fingerprint density at radius 2 is 1.89 bits per heavy atom. The van der Waals surface area contributed by atoms with Crippen LogP contribution in [0.4, 0.5) is 5.69 Å². The van der Waals surface area contributed by atoms with Gasteiger partial charge in [0.05, 0.1) is 6.21 Å². The van der Waals surface area contributed by atoms with Crippen molar-refractivity contribution in [3.8, 4) is 0 Å². The Hall–Kier alpha value is -3.29. The summed E-state index contributed by atoms with van der Waals surface area (Å²) in [7, 11) is 0. The Morgan fingerprint density at radius 1 is 1.19 bits per heavy atom. The van der Waals surface area contributed by atoms with Crippen LogP contribution in [-0.2, 0) is 0 Å². The van der Waals surface area contributed by atoms with Crippen LogP contribution >= 0.6 is 0 Å². The molecule has 1 N–H and O–H groups in total. The molecule has 1 amide bonds. The monoisotopic (exact) mass is 365 g/mol. The minimum atomic E-state index is -0.478. The molecule has 0 aliphatic rings. The minimum Gasteiger partial charge on any atom is -0.372 e. The molecule has 27 heavy (non-hydrogen) atoms. The first-order valence-corrected chi connectivity index (χ1v) is 8.91. The fraction of sp³-hybridized carbons (Fsp3) is 0.316. The maximum atomic E-state index is 12.2. The molecule has 8 heteroatoms. The summed E-state index contributed by atoms with van der Waals surface area (Å²) in [5.41, 5.74) is 6.19. The van der Waals surface area contributed by atoms with Gasteiger partial charge in [-0.25, -0.2) is 14.9 Å². The van der Waals surface area contributed by atoms with Gasteiger partial charge in [0.15, 0.2) is 0 Å². The largest absolute Gasteiger partial charge is 0.372 e. The minimum absolute atomic E-state index is 0.0326. The number of carbonyl (C=O) groups is 1. The normalized spacial score (nSPS) is 11.3. The number of carbonyl (C=O) groups excluding carboxylic acids is 1. The fourth-order valence-electron chi connectivity index (χ4n) is 2.84. The molecule has 0 aliphatic carbocycles. The van der Waals surface area contributed by atoms with E-state index in [0.29, 0.717) is 5.78 Å². The zero-order chi connectivity index (χ0) is 19.4. The number of hydrogen-bond donors (Lipinski definition) is 1. The lowest BCUT2D eigenvalue weighted by molar-refractivity contribution is 0.0945. The molecule has 0 radical (unpaired) electrons. The van der Waals surface area contributed by atoms with E-state index in [2.05, 4.69) is 44.3 Å². The van der Waals surface area contributed by atoms with E-state index in [0.717, 1.165) is 35.7 Å². The number of amides is 1. The molecule has 140 valence electrons. The SMILES string of the molecule is CCN(CC)c1ccc(C=NNC(=O)c2nc3nc(C)cc(C)n3n2)cc1. The highest BCUT2D eigenvalue weighted by atomic mass is 16.2. The third kappa shape index (κ3) is 4.11. The van der Waals surface area contributed by atoms with Crippen LogP contribution < -0.4 is 10.3 Å². The molecule has 0 atom stereocenters. The third-order valence-electron chi connectivity index (χ3n) is 4.22. The van der Waals surface area contributed by atoms with E-state index < -0.39 is 5.91 Å². The maximum Gasteiger partial charge on any atom is 0.311 e. The number of nitrogens with one attached hydrogen (secondary N) is 1. The number of rotatable bonds is 6. The van der Waals surface area contributed by atoms with Crippen LogP contribution in [0.5, 0.6) is 0 Å². The number of aromatic nitrogens is 4. The fourth-order valence-corrected chi connectivity index (χ4v) is 2.84. The molecule has 0 unspecified atom stereocenters. The second kappa shape index (κ2) is 7.94. The van der Waals surface area contributed by atoms with Crippen molar-refractivity contribution >= 4 is 23.6 Å². The van der Waals surface area contributed by atoms with Crippen molar-refractivity contribution in [1.82, 2.24) is 25.0 Å². The van der Waals surface area contributed by atoms with Crippen LogP contribution in [0.1, 0.15) is 41.4 Å². The Kier molecular flexibility index (Phi) is 5.44. The summed E-state index contributed by atoms with van der Waals surface area (Å²) in [6.45, 7) is 9.93. The van der Waals surface area contributed by atoms with Gasteiger partial charge in [-0.1, -0.05) is 12.1 Å². The average Bonchev–Trinajstić information content (AvgIpc) is 3.08. The van der Waals surface area contributed by atoms with Crippen molar-refractivity contribution < 1.29 is 4.79 Å². The van der Waals surface area contributed by atoms with Crippen LogP contribution in [-0.4, -0.2) is 44.8 Å². The summed E-state index contributed by atoms with van der Waals surface area (Å²) in [6, 6.07) is 9.88. The smallest absolute Gasteiger partial charge is 0.311 e. The van der Waals surface area contributed by atoms with E-state index in [9.17, 15) is 4.79 Å². The standard InChI is InChI=1S/C19H23N7O/c1-5-25(6-2)16-9-7-15(8-10-16)12-20-23-18(27)17-22-19-21-13(3)11-14(4)26(19)24-17/h7-12H,5-6H2,1-4H3,(H,23,27). The molecule has 0 bridgehead atoms. The van der Waals surface area contributed by atoms with Crippen molar-refractivity contribution in [2.24, 2.45) is 5.10 Å². The molecule has 0 aliphatic heterocycles. The highest BCUT2D eigenvalue weighted by molar-refractivity contribution is 5.91. The second-order valence-corrected chi connectivity index (χ2v) is 6.15. The van der Waals surface area contributed by atoms with Crippen LogP contribution in [0, 0.1) is 13.8 Å². The summed E-state index contributed by atoms with van der Waals surface area (Å²) in [4.78, 5) is 22.9. The number of anilines is 1. The molecule has 2 heterocycles. The van der Waals surface area contributed by atoms with Gasteiger partial charge >= 0.3 is 5.91 Å². The third-order valence-corrected chi connectivity index (χ3v) is 4.22. The molecule has 3 rings (SSSR count). The average molecular weight is 365 g/mol. The second-order valence-electron chi connectivity index (χ2n) is 6.15. The topological polar surface area (TPSA) is 87.8 Å². The first-order chi connectivity index (χ1) is 13.0. The number of hydrazone groups is 1. The zero-order valence-electron chi connectivity index (χ0n) is 16.0. The number of aryl methyl sites for hydroxylation is 2. The van der Waals surface area contributed by atoms with Gasteiger partial charge in [0, 0.05) is 30.2 Å². The molecular weight excluding hydrogens is 342 g/mol. The van der Waals surface area contributed by atoms with Gasteiger partial charge in [-0.2, -0.15) is 10.1 Å². The number of nitrogens with zero attached hydrogens (tertiary/aromatic N) is 6. The summed E-state index contributed by atoms with van der Waals surface area (Å²) in [5.74, 6) is -0.0487. The molecule has 1 aromatic carbocycles. The quantitative estimate of drug-likeness (QED) is 0.535. The van der Waals surface area contributed by atoms with E-state index in [-0.39, 0.29) is 5.82 Å². The maximum absolute atomic E-state index is 12.2. The first-order valence-electron chi connectivity index (χ1n) is 8.91. The van der Waals surface area contributed by atoms with Crippen molar-refractivity contribution in [2.45, 2.75) is 27.7 Å².